The van der Waals surface area contributed by atoms with Crippen LogP contribution in [-0.2, 0) is 10.0 Å². The molecule has 0 bridgehead atoms. The number of hydrogen-bond acceptors (Lipinski definition) is 4. The third kappa shape index (κ3) is 4.79. The molecule has 0 atom stereocenters. The predicted molar refractivity (Wildman–Crippen MR) is 70.8 cm³/mol. The van der Waals surface area contributed by atoms with E-state index in [2.05, 4.69) is 21.2 Å². The van der Waals surface area contributed by atoms with Gasteiger partial charge in [0.1, 0.15) is 0 Å². The van der Waals surface area contributed by atoms with Crippen molar-refractivity contribution in [2.24, 2.45) is 0 Å². The Kier molecular flexibility index (Phi) is 5.36. The summed E-state index contributed by atoms with van der Waals surface area (Å²) in [6, 6.07) is 3.19. The number of furan rings is 1. The quantitative estimate of drug-likeness (QED) is 0.786. The summed E-state index contributed by atoms with van der Waals surface area (Å²) in [5.74, 6) is -0.0962. The molecule has 1 aromatic heterocycles. The number of rotatable bonds is 6. The molecule has 0 aromatic carbocycles. The second kappa shape index (κ2) is 6.35. The molecule has 0 aliphatic carbocycles. The molecule has 0 saturated heterocycles. The van der Waals surface area contributed by atoms with Crippen LogP contribution in [0.1, 0.15) is 17.0 Å². The Bertz CT molecular complexity index is 512. The number of halogens is 1. The minimum Gasteiger partial charge on any atom is -0.444 e. The van der Waals surface area contributed by atoms with E-state index in [1.807, 2.05) is 0 Å². The highest BCUT2D eigenvalue weighted by Gasteiger charge is 2.11. The molecular formula is C10H15BrN2O4S. The summed E-state index contributed by atoms with van der Waals surface area (Å²) in [7, 11) is -1.66. The largest absolute Gasteiger partial charge is 0.444 e. The maximum atomic E-state index is 11.5. The number of carbonyl (C=O) groups excluding carboxylic acids is 1. The minimum absolute atomic E-state index is 0.221. The molecular weight excluding hydrogens is 324 g/mol. The van der Waals surface area contributed by atoms with Crippen LogP contribution in [0, 0.1) is 0 Å². The molecule has 0 spiro atoms. The zero-order chi connectivity index (χ0) is 13.8. The van der Waals surface area contributed by atoms with Crippen molar-refractivity contribution in [1.29, 1.82) is 0 Å². The van der Waals surface area contributed by atoms with Crippen LogP contribution in [0.2, 0.25) is 0 Å². The van der Waals surface area contributed by atoms with Crippen molar-refractivity contribution < 1.29 is 17.6 Å². The smallest absolute Gasteiger partial charge is 0.287 e. The summed E-state index contributed by atoms with van der Waals surface area (Å²) in [5.41, 5.74) is 0. The highest BCUT2D eigenvalue weighted by molar-refractivity contribution is 9.10. The second-order valence-corrected chi connectivity index (χ2v) is 6.67. The molecule has 8 heteroatoms. The fourth-order valence-electron chi connectivity index (χ4n) is 1.19. The van der Waals surface area contributed by atoms with Crippen LogP contribution in [0.15, 0.2) is 21.2 Å². The van der Waals surface area contributed by atoms with Gasteiger partial charge in [-0.05, 0) is 34.5 Å². The van der Waals surface area contributed by atoms with E-state index in [1.54, 1.807) is 12.1 Å². The van der Waals surface area contributed by atoms with Crippen LogP contribution in [0.25, 0.3) is 0 Å². The molecule has 0 aliphatic heterocycles. The molecule has 1 rings (SSSR count). The Labute approximate surface area is 115 Å². The van der Waals surface area contributed by atoms with Crippen LogP contribution < -0.4 is 5.32 Å². The lowest BCUT2D eigenvalue weighted by atomic mass is 10.4. The third-order valence-electron chi connectivity index (χ3n) is 2.30. The first kappa shape index (κ1) is 15.2. The van der Waals surface area contributed by atoms with Crippen LogP contribution in [0.4, 0.5) is 0 Å². The summed E-state index contributed by atoms with van der Waals surface area (Å²) in [5, 5.41) is 2.64. The standard InChI is InChI=1S/C10H15BrN2O4S/c1-13(18(2,15)16)7-3-6-12-10(14)8-4-5-9(11)17-8/h4-5H,3,6-7H2,1-2H3,(H,12,14). The lowest BCUT2D eigenvalue weighted by Gasteiger charge is -2.13. The first-order chi connectivity index (χ1) is 8.30. The van der Waals surface area contributed by atoms with Crippen molar-refractivity contribution in [3.8, 4) is 0 Å². The molecule has 0 saturated carbocycles. The summed E-state index contributed by atoms with van der Waals surface area (Å²) in [6.45, 7) is 0.748. The van der Waals surface area contributed by atoms with E-state index >= 15 is 0 Å². The number of hydrogen-bond donors (Lipinski definition) is 1. The maximum Gasteiger partial charge on any atom is 0.287 e. The first-order valence-corrected chi connectivity index (χ1v) is 7.89. The molecule has 0 fully saturated rings. The zero-order valence-corrected chi connectivity index (χ0v) is 12.5. The Morgan fingerprint density at radius 1 is 1.50 bits per heavy atom. The molecule has 6 nitrogen and oxygen atoms in total. The normalized spacial score (nSPS) is 11.8. The summed E-state index contributed by atoms with van der Waals surface area (Å²) < 4.78 is 29.0. The van der Waals surface area contributed by atoms with Gasteiger partial charge in [0, 0.05) is 20.1 Å². The van der Waals surface area contributed by atoms with Crippen LogP contribution in [0.3, 0.4) is 0 Å². The van der Waals surface area contributed by atoms with Crippen molar-refractivity contribution in [2.75, 3.05) is 26.4 Å². The van der Waals surface area contributed by atoms with Gasteiger partial charge in [-0.25, -0.2) is 12.7 Å². The predicted octanol–water partition coefficient (Wildman–Crippen LogP) is 1.05. The first-order valence-electron chi connectivity index (χ1n) is 5.25. The average Bonchev–Trinajstić information content (AvgIpc) is 2.69. The molecule has 1 heterocycles. The Balaban J connectivity index is 2.29. The van der Waals surface area contributed by atoms with Crippen LogP contribution in [0.5, 0.6) is 0 Å². The number of amides is 1. The Morgan fingerprint density at radius 3 is 2.67 bits per heavy atom. The van der Waals surface area contributed by atoms with Gasteiger partial charge < -0.3 is 9.73 Å². The lowest BCUT2D eigenvalue weighted by Crippen LogP contribution is -2.30. The third-order valence-corrected chi connectivity index (χ3v) is 4.04. The number of nitrogens with one attached hydrogen (secondary N) is 1. The second-order valence-electron chi connectivity index (χ2n) is 3.80. The molecule has 0 unspecified atom stereocenters. The van der Waals surface area contributed by atoms with Crippen molar-refractivity contribution in [1.82, 2.24) is 9.62 Å². The van der Waals surface area contributed by atoms with Crippen LogP contribution >= 0.6 is 15.9 Å². The van der Waals surface area contributed by atoms with Gasteiger partial charge in [-0.15, -0.1) is 0 Å². The van der Waals surface area contributed by atoms with E-state index in [1.165, 1.54) is 11.4 Å². The zero-order valence-electron chi connectivity index (χ0n) is 10.1. The highest BCUT2D eigenvalue weighted by atomic mass is 79.9. The summed E-state index contributed by atoms with van der Waals surface area (Å²) in [6.07, 6.45) is 1.68. The summed E-state index contributed by atoms with van der Waals surface area (Å²) >= 11 is 3.10. The van der Waals surface area contributed by atoms with E-state index < -0.39 is 10.0 Å². The van der Waals surface area contributed by atoms with E-state index in [4.69, 9.17) is 4.42 Å². The van der Waals surface area contributed by atoms with Crippen molar-refractivity contribution in [3.63, 3.8) is 0 Å². The van der Waals surface area contributed by atoms with Crippen LogP contribution in [-0.4, -0.2) is 45.0 Å². The number of nitrogens with zero attached hydrogens (tertiary/aromatic N) is 1. The lowest BCUT2D eigenvalue weighted by molar-refractivity contribution is 0.0924. The van der Waals surface area contributed by atoms with Gasteiger partial charge in [0.2, 0.25) is 10.0 Å². The fourth-order valence-corrected chi connectivity index (χ4v) is 1.96. The van der Waals surface area contributed by atoms with Gasteiger partial charge in [0.05, 0.1) is 6.26 Å². The molecule has 1 aromatic rings. The number of carbonyl (C=O) groups is 1. The fraction of sp³-hybridized carbons (Fsp3) is 0.500. The maximum absolute atomic E-state index is 11.5. The van der Waals surface area contributed by atoms with E-state index in [0.717, 1.165) is 6.26 Å². The van der Waals surface area contributed by atoms with Gasteiger partial charge in [0.15, 0.2) is 10.4 Å². The summed E-state index contributed by atoms with van der Waals surface area (Å²) in [4.78, 5) is 11.5. The monoisotopic (exact) mass is 338 g/mol. The van der Waals surface area contributed by atoms with Gasteiger partial charge in [-0.3, -0.25) is 4.79 Å². The van der Waals surface area contributed by atoms with Gasteiger partial charge >= 0.3 is 0 Å². The number of sulfonamides is 1. The van der Waals surface area contributed by atoms with E-state index in [-0.39, 0.29) is 11.7 Å². The molecule has 1 N–H and O–H groups in total. The highest BCUT2D eigenvalue weighted by Crippen LogP contribution is 2.13. The molecule has 1 amide bonds. The Morgan fingerprint density at radius 2 is 2.17 bits per heavy atom. The molecule has 0 aliphatic rings. The van der Waals surface area contributed by atoms with E-state index in [0.29, 0.717) is 24.2 Å². The van der Waals surface area contributed by atoms with Gasteiger partial charge in [-0.2, -0.15) is 0 Å². The van der Waals surface area contributed by atoms with Crippen molar-refractivity contribution in [3.05, 3.63) is 22.6 Å². The molecule has 18 heavy (non-hydrogen) atoms. The van der Waals surface area contributed by atoms with Gasteiger partial charge in [-0.1, -0.05) is 0 Å². The van der Waals surface area contributed by atoms with E-state index in [9.17, 15) is 13.2 Å². The minimum atomic E-state index is -3.16. The van der Waals surface area contributed by atoms with Crippen molar-refractivity contribution in [2.45, 2.75) is 6.42 Å². The van der Waals surface area contributed by atoms with Crippen molar-refractivity contribution >= 4 is 31.9 Å². The molecule has 102 valence electrons. The average molecular weight is 339 g/mol. The molecule has 0 radical (unpaired) electrons. The topological polar surface area (TPSA) is 79.6 Å². The SMILES string of the molecule is CN(CCCNC(=O)c1ccc(Br)o1)S(C)(=O)=O. The van der Waals surface area contributed by atoms with Gasteiger partial charge in [0.25, 0.3) is 5.91 Å². The Hall–Kier alpha value is -0.860.